The second-order valence-electron chi connectivity index (χ2n) is 2.89. The molecule has 0 saturated carbocycles. The molecule has 0 bridgehead atoms. The standard InChI is InChI=1S/2C3H4N2.2C2H7N3S.2HI.Ni/c2*1-2-4-5-3-1;2*1-6-2(3)5-4;;;/h2*1-3H,(H,4,5);2*4H2,1H3,(H2,3,5);2*1H;/q;;;;;;+2/p-2. The van der Waals surface area contributed by atoms with Crippen LogP contribution in [0.3, 0.4) is 0 Å². The monoisotopic (exact) mass is 658 g/mol. The Morgan fingerprint density at radius 3 is 1.24 bits per heavy atom. The van der Waals surface area contributed by atoms with E-state index in [4.69, 9.17) is 22.5 Å². The zero-order valence-corrected chi connectivity index (χ0v) is 20.3. The summed E-state index contributed by atoms with van der Waals surface area (Å²) < 4.78 is 0. The number of hydrogen-bond donors (Lipinski definition) is 8. The predicted octanol–water partition coefficient (Wildman–Crippen LogP) is -5.68. The minimum Gasteiger partial charge on any atom is -1.00 e. The minimum atomic E-state index is 0. The van der Waals surface area contributed by atoms with Crippen LogP contribution in [-0.2, 0) is 16.5 Å². The van der Waals surface area contributed by atoms with E-state index in [1.807, 2.05) is 12.1 Å². The van der Waals surface area contributed by atoms with E-state index in [9.17, 15) is 0 Å². The molecule has 10 N–H and O–H groups in total. The number of thioether (sulfide) groups is 2. The summed E-state index contributed by atoms with van der Waals surface area (Å²) in [5.41, 5.74) is 4.32. The van der Waals surface area contributed by atoms with E-state index >= 15 is 0 Å². The van der Waals surface area contributed by atoms with Gasteiger partial charge in [0.1, 0.15) is 0 Å². The summed E-state index contributed by atoms with van der Waals surface area (Å²) in [6.07, 6.45) is 10.5. The van der Waals surface area contributed by atoms with Crippen molar-refractivity contribution in [3.63, 3.8) is 0 Å². The molecule has 25 heavy (non-hydrogen) atoms. The maximum Gasteiger partial charge on any atom is 2.00 e. The third-order valence-electron chi connectivity index (χ3n) is 1.48. The first-order chi connectivity index (χ1) is 10.6. The molecular weight excluding hydrogens is 637 g/mol. The van der Waals surface area contributed by atoms with Gasteiger partial charge in [-0.2, -0.15) is 10.2 Å². The molecule has 10 nitrogen and oxygen atoms in total. The number of aromatic nitrogens is 4. The van der Waals surface area contributed by atoms with Crippen molar-refractivity contribution in [1.29, 1.82) is 10.8 Å². The molecule has 0 fully saturated rings. The fraction of sp³-hybridized carbons (Fsp3) is 0.200. The number of aromatic amines is 2. The molecule has 2 rings (SSSR count). The third-order valence-corrected chi connectivity index (χ3v) is 2.53. The Morgan fingerprint density at radius 1 is 0.880 bits per heavy atom. The van der Waals surface area contributed by atoms with Crippen molar-refractivity contribution in [2.75, 3.05) is 12.5 Å². The van der Waals surface area contributed by atoms with E-state index in [-0.39, 0.29) is 74.8 Å². The third kappa shape index (κ3) is 35.8. The summed E-state index contributed by atoms with van der Waals surface area (Å²) in [6, 6.07) is 3.67. The second-order valence-corrected chi connectivity index (χ2v) is 4.52. The van der Waals surface area contributed by atoms with Crippen LogP contribution in [0.5, 0.6) is 0 Å². The Balaban J connectivity index is -0.0000000684. The first-order valence-electron chi connectivity index (χ1n) is 5.68. The number of nitrogens with zero attached hydrogens (tertiary/aromatic N) is 2. The van der Waals surface area contributed by atoms with E-state index in [1.54, 1.807) is 37.3 Å². The van der Waals surface area contributed by atoms with Gasteiger partial charge in [0, 0.05) is 24.8 Å². The largest absolute Gasteiger partial charge is 2.00 e. The number of nitrogens with one attached hydrogen (secondary N) is 6. The molecule has 0 amide bonds. The second kappa shape index (κ2) is 31.7. The molecule has 2 heterocycles. The molecule has 0 saturated heterocycles. The van der Waals surface area contributed by atoms with Gasteiger partial charge in [-0.25, -0.2) is 11.7 Å². The van der Waals surface area contributed by atoms with E-state index in [1.165, 1.54) is 23.5 Å². The summed E-state index contributed by atoms with van der Waals surface area (Å²) in [6.45, 7) is 0. The quantitative estimate of drug-likeness (QED) is 0.0345. The fourth-order valence-corrected chi connectivity index (χ4v) is 0.784. The van der Waals surface area contributed by atoms with Crippen LogP contribution in [0.2, 0.25) is 0 Å². The molecule has 2 aromatic rings. The molecule has 0 aliphatic carbocycles. The van der Waals surface area contributed by atoms with Gasteiger partial charge in [-0.1, -0.05) is 23.5 Å². The van der Waals surface area contributed by atoms with Gasteiger partial charge in [-0.3, -0.25) is 21.0 Å². The van der Waals surface area contributed by atoms with Crippen molar-refractivity contribution in [1.82, 2.24) is 31.2 Å². The summed E-state index contributed by atoms with van der Waals surface area (Å²) >= 11 is 2.54. The van der Waals surface area contributed by atoms with Gasteiger partial charge in [0.15, 0.2) is 10.3 Å². The van der Waals surface area contributed by atoms with E-state index in [0.29, 0.717) is 0 Å². The summed E-state index contributed by atoms with van der Waals surface area (Å²) in [4.78, 5) is 0. The van der Waals surface area contributed by atoms with Crippen molar-refractivity contribution in [2.24, 2.45) is 11.7 Å². The van der Waals surface area contributed by atoms with Gasteiger partial charge in [0.25, 0.3) is 0 Å². The molecule has 0 spiro atoms. The van der Waals surface area contributed by atoms with Crippen LogP contribution in [-0.4, -0.2) is 43.2 Å². The summed E-state index contributed by atoms with van der Waals surface area (Å²) in [5, 5.41) is 26.4. The zero-order valence-electron chi connectivity index (χ0n) is 13.4. The Morgan fingerprint density at radius 2 is 1.20 bits per heavy atom. The number of H-pyrrole nitrogens is 2. The van der Waals surface area contributed by atoms with Gasteiger partial charge >= 0.3 is 16.5 Å². The van der Waals surface area contributed by atoms with Crippen molar-refractivity contribution in [3.05, 3.63) is 36.9 Å². The zero-order chi connectivity index (χ0) is 17.1. The molecule has 15 heteroatoms. The van der Waals surface area contributed by atoms with Crippen LogP contribution in [0.1, 0.15) is 0 Å². The molecule has 0 aliphatic heterocycles. The van der Waals surface area contributed by atoms with Crippen LogP contribution >= 0.6 is 23.5 Å². The Hall–Kier alpha value is -0.0665. The SMILES string of the molecule is CSC(=N)NN.CSC(=N)NN.[I-].[I-].[Ni+2].c1cn[nH]c1.c1cn[nH]c1. The summed E-state index contributed by atoms with van der Waals surface area (Å²) in [7, 11) is 0. The van der Waals surface area contributed by atoms with E-state index in [0.717, 1.165) is 0 Å². The molecule has 0 radical (unpaired) electrons. The molecule has 148 valence electrons. The first kappa shape index (κ1) is 35.9. The number of halogens is 2. The molecule has 0 aliphatic rings. The van der Waals surface area contributed by atoms with E-state index in [2.05, 4.69) is 31.2 Å². The number of hydrogen-bond acceptors (Lipinski definition) is 8. The maximum absolute atomic E-state index is 6.71. The summed E-state index contributed by atoms with van der Waals surface area (Å²) in [5.74, 6) is 9.57. The molecule has 0 atom stereocenters. The Kier molecular flexibility index (Phi) is 45.5. The maximum atomic E-state index is 6.71. The van der Waals surface area contributed by atoms with Gasteiger partial charge in [-0.05, 0) is 24.6 Å². The smallest absolute Gasteiger partial charge is 1.00 e. The van der Waals surface area contributed by atoms with Crippen LogP contribution in [0.25, 0.3) is 0 Å². The van der Waals surface area contributed by atoms with Crippen molar-refractivity contribution in [3.8, 4) is 0 Å². The average Bonchev–Trinajstić information content (AvgIpc) is 3.31. The van der Waals surface area contributed by atoms with Crippen LogP contribution in [0.4, 0.5) is 0 Å². The number of amidine groups is 2. The van der Waals surface area contributed by atoms with Gasteiger partial charge in [0.2, 0.25) is 0 Å². The topological polar surface area (TPSA) is 181 Å². The van der Waals surface area contributed by atoms with Crippen LogP contribution in [0.15, 0.2) is 36.9 Å². The van der Waals surface area contributed by atoms with Crippen molar-refractivity contribution >= 4 is 33.9 Å². The Labute approximate surface area is 199 Å². The minimum absolute atomic E-state index is 0. The molecule has 0 aromatic carbocycles. The van der Waals surface area contributed by atoms with Crippen molar-refractivity contribution in [2.45, 2.75) is 0 Å². The van der Waals surface area contributed by atoms with E-state index < -0.39 is 0 Å². The first-order valence-corrected chi connectivity index (χ1v) is 8.13. The number of nitrogens with two attached hydrogens (primary N) is 2. The van der Waals surface area contributed by atoms with Crippen LogP contribution in [0, 0.1) is 10.8 Å². The molecule has 0 unspecified atom stereocenters. The number of hydrazine groups is 2. The van der Waals surface area contributed by atoms with Gasteiger partial charge < -0.3 is 58.8 Å². The normalized spacial score (nSPS) is 6.88. The molecule has 2 aromatic heterocycles. The predicted molar refractivity (Wildman–Crippen MR) is 94.3 cm³/mol. The van der Waals surface area contributed by atoms with Gasteiger partial charge in [0.05, 0.1) is 0 Å². The van der Waals surface area contributed by atoms with Crippen molar-refractivity contribution < 1.29 is 64.4 Å². The average molecular weight is 659 g/mol. The number of rotatable bonds is 0. The fourth-order valence-electron chi connectivity index (χ4n) is 0.548. The molecular formula is C10H22I2N10NiS2. The Bertz CT molecular complexity index is 358. The van der Waals surface area contributed by atoms with Crippen LogP contribution < -0.4 is 70.5 Å². The van der Waals surface area contributed by atoms with Gasteiger partial charge in [-0.15, -0.1) is 0 Å².